The molecule has 0 aromatic carbocycles. The second-order valence-electron chi connectivity index (χ2n) is 0.224. The molecule has 0 saturated heterocycles. The molecular formula is H3O3P2-3. The molecule has 0 rings (SSSR count). The van der Waals surface area contributed by atoms with Gasteiger partial charge in [0.05, 0.1) is 0 Å². The van der Waals surface area contributed by atoms with Gasteiger partial charge in [0.25, 0.3) is 0 Å². The second-order valence-corrected chi connectivity index (χ2v) is 0.671. The average molecular weight is 113 g/mol. The van der Waals surface area contributed by atoms with Crippen molar-refractivity contribution in [3.8, 4) is 0 Å². The van der Waals surface area contributed by atoms with Crippen LogP contribution in [0.25, 0.3) is 0 Å². The fourth-order valence-corrected chi connectivity index (χ4v) is 0. The van der Waals surface area contributed by atoms with E-state index in [2.05, 4.69) is 0 Å². The summed E-state index contributed by atoms with van der Waals surface area (Å²) in [4.78, 5) is 25.4. The maximum Gasteiger partial charge on any atom is -0.153 e. The molecule has 0 fully saturated rings. The molecule has 0 bridgehead atoms. The Balaban J connectivity index is 0. The zero-order chi connectivity index (χ0) is 3.58. The highest BCUT2D eigenvalue weighted by atomic mass is 31.2. The second kappa shape index (κ2) is 4.74. The smallest absolute Gasteiger partial charge is 0.153 e. The lowest BCUT2D eigenvalue weighted by atomic mass is 15.8. The molecular weight excluding hydrogens is 110 g/mol. The first-order valence-electron chi connectivity index (χ1n) is 0.548. The first-order chi connectivity index (χ1) is 1.73. The standard InChI is InChI=1S/O3P.H3P/c1-4(2)3;/h;1H3/q-3;. The van der Waals surface area contributed by atoms with Crippen LogP contribution >= 0.6 is 18.5 Å². The van der Waals surface area contributed by atoms with Gasteiger partial charge in [-0.1, -0.05) is 0 Å². The maximum absolute atomic E-state index is 8.48. The largest absolute Gasteiger partial charge is 0.854 e. The molecule has 0 amide bonds. The topological polar surface area (TPSA) is 69.2 Å². The van der Waals surface area contributed by atoms with Gasteiger partial charge in [0.15, 0.2) is 0 Å². The third-order valence-corrected chi connectivity index (χ3v) is 0. The van der Waals surface area contributed by atoms with Gasteiger partial charge in [-0.3, -0.25) is 0 Å². The summed E-state index contributed by atoms with van der Waals surface area (Å²) in [5.41, 5.74) is 0. The molecule has 5 heavy (non-hydrogen) atoms. The minimum atomic E-state index is -3.37. The molecule has 0 aromatic heterocycles. The lowest BCUT2D eigenvalue weighted by molar-refractivity contribution is -0.407. The maximum atomic E-state index is 8.48. The highest BCUT2D eigenvalue weighted by molar-refractivity contribution is 7.33. The Morgan fingerprint density at radius 3 is 1.00 bits per heavy atom. The molecule has 1 unspecified atom stereocenters. The van der Waals surface area contributed by atoms with Crippen LogP contribution in [0.4, 0.5) is 0 Å². The Labute approximate surface area is 34.3 Å². The number of hydrogen-bond donors (Lipinski definition) is 0. The van der Waals surface area contributed by atoms with E-state index in [4.69, 9.17) is 14.7 Å². The van der Waals surface area contributed by atoms with Crippen LogP contribution in [-0.2, 0) is 0 Å². The summed E-state index contributed by atoms with van der Waals surface area (Å²) in [5, 5.41) is 0. The Morgan fingerprint density at radius 1 is 1.00 bits per heavy atom. The molecule has 34 valence electrons. The average Bonchev–Trinajstić information content (AvgIpc) is 0.811. The van der Waals surface area contributed by atoms with Crippen LogP contribution in [0.15, 0.2) is 0 Å². The number of hydrogen-bond acceptors (Lipinski definition) is 3. The summed E-state index contributed by atoms with van der Waals surface area (Å²) < 4.78 is 0. The van der Waals surface area contributed by atoms with Crippen molar-refractivity contribution in [2.24, 2.45) is 0 Å². The van der Waals surface area contributed by atoms with Gasteiger partial charge >= 0.3 is 0 Å². The summed E-state index contributed by atoms with van der Waals surface area (Å²) in [5.74, 6) is 0. The summed E-state index contributed by atoms with van der Waals surface area (Å²) in [6.45, 7) is 0. The van der Waals surface area contributed by atoms with E-state index >= 15 is 0 Å². The minimum Gasteiger partial charge on any atom is -0.854 e. The predicted octanol–water partition coefficient (Wildman–Crippen LogP) is -2.65. The molecule has 0 aliphatic carbocycles. The molecule has 0 heterocycles. The van der Waals surface area contributed by atoms with Crippen LogP contribution < -0.4 is 14.7 Å². The molecule has 0 N–H and O–H groups in total. The summed E-state index contributed by atoms with van der Waals surface area (Å²) in [6, 6.07) is 0. The lowest BCUT2D eigenvalue weighted by Gasteiger charge is -2.39. The van der Waals surface area contributed by atoms with Crippen LogP contribution in [-0.4, -0.2) is 0 Å². The van der Waals surface area contributed by atoms with Crippen molar-refractivity contribution in [2.75, 3.05) is 0 Å². The lowest BCUT2D eigenvalue weighted by Crippen LogP contribution is -2.18. The van der Waals surface area contributed by atoms with Crippen molar-refractivity contribution in [3.05, 3.63) is 0 Å². The third-order valence-electron chi connectivity index (χ3n) is 0. The van der Waals surface area contributed by atoms with Crippen LogP contribution in [0.5, 0.6) is 0 Å². The molecule has 1 atom stereocenters. The van der Waals surface area contributed by atoms with E-state index in [1.54, 1.807) is 0 Å². The summed E-state index contributed by atoms with van der Waals surface area (Å²) in [6.07, 6.45) is 0. The van der Waals surface area contributed by atoms with E-state index in [1.807, 2.05) is 0 Å². The Hall–Kier alpha value is 0.740. The molecule has 0 spiro atoms. The van der Waals surface area contributed by atoms with Gasteiger partial charge in [-0.15, -0.1) is 0 Å². The van der Waals surface area contributed by atoms with E-state index < -0.39 is 8.60 Å². The van der Waals surface area contributed by atoms with Crippen LogP contribution in [0.2, 0.25) is 0 Å². The van der Waals surface area contributed by atoms with E-state index in [0.29, 0.717) is 0 Å². The molecule has 0 aliphatic rings. The highest BCUT2D eigenvalue weighted by Crippen LogP contribution is 1.85. The van der Waals surface area contributed by atoms with Crippen molar-refractivity contribution < 1.29 is 14.7 Å². The molecule has 0 radical (unpaired) electrons. The third kappa shape index (κ3) is 65.0. The molecule has 5 heteroatoms. The predicted molar refractivity (Wildman–Crippen MR) is 18.0 cm³/mol. The van der Waals surface area contributed by atoms with Crippen molar-refractivity contribution in [1.82, 2.24) is 0 Å². The minimum absolute atomic E-state index is 0. The van der Waals surface area contributed by atoms with Gasteiger partial charge < -0.3 is 23.3 Å². The van der Waals surface area contributed by atoms with E-state index in [9.17, 15) is 0 Å². The Kier molecular flexibility index (Phi) is 8.74. The zero-order valence-electron chi connectivity index (χ0n) is 2.38. The Bertz CT molecular complexity index is 9.61. The van der Waals surface area contributed by atoms with Gasteiger partial charge in [-0.2, -0.15) is 9.90 Å². The van der Waals surface area contributed by atoms with Crippen molar-refractivity contribution in [2.45, 2.75) is 0 Å². The molecule has 0 saturated carbocycles. The van der Waals surface area contributed by atoms with Crippen LogP contribution in [0.3, 0.4) is 0 Å². The Morgan fingerprint density at radius 2 is 1.00 bits per heavy atom. The van der Waals surface area contributed by atoms with Gasteiger partial charge in [-0.25, -0.2) is 0 Å². The van der Waals surface area contributed by atoms with Crippen molar-refractivity contribution in [1.29, 1.82) is 0 Å². The van der Waals surface area contributed by atoms with Gasteiger partial charge in [0.2, 0.25) is 0 Å². The van der Waals surface area contributed by atoms with Gasteiger partial charge in [0.1, 0.15) is 0 Å². The first-order valence-corrected chi connectivity index (χ1v) is 1.64. The van der Waals surface area contributed by atoms with Crippen molar-refractivity contribution in [3.63, 3.8) is 0 Å². The number of rotatable bonds is 0. The van der Waals surface area contributed by atoms with E-state index in [-0.39, 0.29) is 9.90 Å². The summed E-state index contributed by atoms with van der Waals surface area (Å²) >= 11 is 0. The molecule has 0 aliphatic heterocycles. The quantitative estimate of drug-likeness (QED) is 0.322. The molecule has 3 nitrogen and oxygen atoms in total. The van der Waals surface area contributed by atoms with E-state index in [1.165, 1.54) is 0 Å². The summed E-state index contributed by atoms with van der Waals surface area (Å²) in [7, 11) is -3.37. The van der Waals surface area contributed by atoms with Crippen LogP contribution in [0, 0.1) is 0 Å². The zero-order valence-corrected chi connectivity index (χ0v) is 4.69. The fourth-order valence-electron chi connectivity index (χ4n) is 0. The fraction of sp³-hybridized carbons (Fsp3) is 0. The SMILES string of the molecule is P.[O-]P([O-])[O-]. The van der Waals surface area contributed by atoms with E-state index in [0.717, 1.165) is 0 Å². The normalized spacial score (nSPS) is 7.20. The van der Waals surface area contributed by atoms with Gasteiger partial charge in [0, 0.05) is 0 Å². The monoisotopic (exact) mass is 113 g/mol. The van der Waals surface area contributed by atoms with Crippen LogP contribution in [0.1, 0.15) is 0 Å². The molecule has 0 aromatic rings. The first kappa shape index (κ1) is 9.22. The van der Waals surface area contributed by atoms with Gasteiger partial charge in [-0.05, 0) is 0 Å². The highest BCUT2D eigenvalue weighted by Gasteiger charge is 1.10. The van der Waals surface area contributed by atoms with Crippen molar-refractivity contribution >= 4 is 18.5 Å².